The summed E-state index contributed by atoms with van der Waals surface area (Å²) in [5.41, 5.74) is 21.7. The van der Waals surface area contributed by atoms with E-state index in [0.717, 1.165) is 13.8 Å². The average Bonchev–Trinajstić information content (AvgIpc) is 3.17. The normalized spacial score (nSPS) is 16.0. The Bertz CT molecular complexity index is 2450. The minimum Gasteiger partial charge on any atom is -0.480 e. The summed E-state index contributed by atoms with van der Waals surface area (Å²) in [7, 11) is 0. The van der Waals surface area contributed by atoms with Gasteiger partial charge in [0.2, 0.25) is 82.7 Å². The summed E-state index contributed by atoms with van der Waals surface area (Å²) >= 11 is 1.25. The summed E-state index contributed by atoms with van der Waals surface area (Å²) in [4.78, 5) is 196. The fourth-order valence-electron chi connectivity index (χ4n) is 7.93. The molecule has 0 bridgehead atoms. The van der Waals surface area contributed by atoms with Crippen LogP contribution in [0.2, 0.25) is 0 Å². The van der Waals surface area contributed by atoms with Crippen molar-refractivity contribution < 1.29 is 97.5 Å². The van der Waals surface area contributed by atoms with E-state index in [0.29, 0.717) is 0 Å². The van der Waals surface area contributed by atoms with Gasteiger partial charge in [-0.05, 0) is 76.2 Å². The summed E-state index contributed by atoms with van der Waals surface area (Å²) in [6.45, 7) is 11.2. The predicted octanol–water partition coefficient (Wildman–Crippen LogP) is -8.99. The van der Waals surface area contributed by atoms with Crippen LogP contribution in [0.4, 0.5) is 0 Å². The van der Waals surface area contributed by atoms with Gasteiger partial charge >= 0.3 is 5.97 Å². The van der Waals surface area contributed by atoms with Crippen molar-refractivity contribution in [3.05, 3.63) is 0 Å². The zero-order valence-corrected chi connectivity index (χ0v) is 51.8. The number of aliphatic hydroxyl groups excluding tert-OH is 4. The Morgan fingerprint density at radius 3 is 1.23 bits per heavy atom. The van der Waals surface area contributed by atoms with Crippen LogP contribution in [0.3, 0.4) is 0 Å². The summed E-state index contributed by atoms with van der Waals surface area (Å²) in [6, 6.07) is -18.1. The number of nitrogens with one attached hydrogen (secondary N) is 11. The van der Waals surface area contributed by atoms with Crippen LogP contribution in [0.15, 0.2) is 0 Å². The van der Waals surface area contributed by atoms with Gasteiger partial charge in [-0.2, -0.15) is 11.8 Å². The van der Waals surface area contributed by atoms with Crippen molar-refractivity contribution in [1.82, 2.24) is 58.5 Å². The standard InChI is InChI=1S/C52H91N15O20S/c1-21(2)15-29(63-50(84)39(23(5)6)65-49(83)38(56)24(7)69)45(79)62-32(18-36(55)74)47(81)64-33(20-68)42(76)57-19-37(75)58-31(17-35(54)73)46(80)59-27(11-12-34(53)72)44(78)66-40(25(8)70)51(85)60-28(13-14-88-10)43(77)61-30(16-22(3)4)48(82)67-41(26(9)71)52(86)87/h21-33,38-41,68-71H,11-20,56H2,1-10H3,(H2,53,72)(H2,54,73)(H2,55,74)(H,57,76)(H,58,75)(H,59,80)(H,60,85)(H,61,77)(H,62,79)(H,63,84)(H,64,81)(H,65,83)(H,66,78)(H,67,82)(H,86,87)/t24-,25-,26-,27+,28+,29+,30+,31+,32+,33+,38+,39+,40+,41+/m1/s1. The number of nitrogens with two attached hydrogens (primary N) is 4. The quantitative estimate of drug-likeness (QED) is 0.0270. The van der Waals surface area contributed by atoms with Crippen LogP contribution >= 0.6 is 11.8 Å². The van der Waals surface area contributed by atoms with Crippen molar-refractivity contribution in [3.63, 3.8) is 0 Å². The molecular weight excluding hydrogens is 1190 g/mol. The maximum Gasteiger partial charge on any atom is 0.328 e. The second-order valence-electron chi connectivity index (χ2n) is 22.1. The van der Waals surface area contributed by atoms with Crippen LogP contribution in [0.5, 0.6) is 0 Å². The van der Waals surface area contributed by atoms with E-state index < -0.39 is 218 Å². The number of carboxylic acids is 1. The molecular formula is C52H91N15O20S. The van der Waals surface area contributed by atoms with E-state index >= 15 is 0 Å². The lowest BCUT2D eigenvalue weighted by molar-refractivity contribution is -0.145. The molecule has 14 atom stereocenters. The van der Waals surface area contributed by atoms with Gasteiger partial charge in [-0.25, -0.2) is 4.79 Å². The molecule has 0 aromatic heterocycles. The third-order valence-electron chi connectivity index (χ3n) is 12.7. The molecule has 0 aromatic rings. The maximum absolute atomic E-state index is 13.9. The number of aliphatic hydroxyl groups is 4. The molecule has 0 spiro atoms. The molecule has 36 heteroatoms. The summed E-state index contributed by atoms with van der Waals surface area (Å²) in [6.07, 6.45) is -6.10. The van der Waals surface area contributed by atoms with Gasteiger partial charge in [-0.1, -0.05) is 41.5 Å². The van der Waals surface area contributed by atoms with Crippen molar-refractivity contribution in [2.24, 2.45) is 40.7 Å². The van der Waals surface area contributed by atoms with Crippen molar-refractivity contribution in [2.45, 2.75) is 192 Å². The Labute approximate surface area is 512 Å². The molecule has 0 aliphatic heterocycles. The number of hydrogen-bond acceptors (Lipinski definition) is 21. The number of amides is 14. The zero-order valence-electron chi connectivity index (χ0n) is 51.0. The number of carboxylic acid groups (broad SMARTS) is 1. The first-order valence-corrected chi connectivity index (χ1v) is 29.5. The first kappa shape index (κ1) is 80.2. The van der Waals surface area contributed by atoms with Gasteiger partial charge < -0.3 is 107 Å². The monoisotopic (exact) mass is 1280 g/mol. The van der Waals surface area contributed by atoms with Gasteiger partial charge in [0.25, 0.3) is 0 Å². The molecule has 500 valence electrons. The maximum atomic E-state index is 13.9. The van der Waals surface area contributed by atoms with Crippen molar-refractivity contribution >= 4 is 100 Å². The number of carbonyl (C=O) groups excluding carboxylic acids is 14. The summed E-state index contributed by atoms with van der Waals surface area (Å²) < 4.78 is 0. The average molecular weight is 1280 g/mol. The molecule has 0 aromatic carbocycles. The molecule has 0 radical (unpaired) electrons. The zero-order chi connectivity index (χ0) is 68.0. The second kappa shape index (κ2) is 39.9. The smallest absolute Gasteiger partial charge is 0.328 e. The van der Waals surface area contributed by atoms with Crippen LogP contribution in [0.25, 0.3) is 0 Å². The molecule has 88 heavy (non-hydrogen) atoms. The highest BCUT2D eigenvalue weighted by molar-refractivity contribution is 7.98. The first-order valence-electron chi connectivity index (χ1n) is 28.1. The van der Waals surface area contributed by atoms with Crippen LogP contribution in [0.1, 0.15) is 107 Å². The minimum atomic E-state index is -1.94. The Morgan fingerprint density at radius 2 is 0.795 bits per heavy atom. The molecule has 0 rings (SSSR count). The van der Waals surface area contributed by atoms with Crippen LogP contribution in [-0.2, 0) is 71.9 Å². The molecule has 0 saturated heterocycles. The van der Waals surface area contributed by atoms with Gasteiger partial charge in [0.1, 0.15) is 60.4 Å². The van der Waals surface area contributed by atoms with Gasteiger partial charge in [-0.3, -0.25) is 67.1 Å². The predicted molar refractivity (Wildman–Crippen MR) is 313 cm³/mol. The van der Waals surface area contributed by atoms with E-state index in [2.05, 4.69) is 58.5 Å². The number of thioether (sulfide) groups is 1. The molecule has 0 heterocycles. The van der Waals surface area contributed by atoms with E-state index in [9.17, 15) is 97.5 Å². The Kier molecular flexibility index (Phi) is 36.3. The van der Waals surface area contributed by atoms with E-state index in [1.165, 1.54) is 18.7 Å². The van der Waals surface area contributed by atoms with Gasteiger partial charge in [0, 0.05) is 6.42 Å². The SMILES string of the molecule is CSCC[C@H](NC(=O)[C@@H](NC(=O)[C@H](CCC(N)=O)NC(=O)[C@H](CC(N)=O)NC(=O)CNC(=O)[C@H](CO)NC(=O)[C@H](CC(N)=O)NC(=O)[C@H](CC(C)C)NC(=O)[C@@H](NC(=O)[C@@H](N)[C@@H](C)O)C(C)C)[C@@H](C)O)C(=O)N[C@@H](CC(C)C)C(=O)N[C@H](C(=O)O)[C@@H](C)O. The number of carbonyl (C=O) groups is 15. The molecule has 0 unspecified atom stereocenters. The Morgan fingerprint density at radius 1 is 0.420 bits per heavy atom. The highest BCUT2D eigenvalue weighted by Crippen LogP contribution is 2.12. The molecule has 0 fully saturated rings. The number of hydrogen-bond donors (Lipinski definition) is 20. The van der Waals surface area contributed by atoms with Crippen LogP contribution < -0.4 is 81.4 Å². The van der Waals surface area contributed by atoms with E-state index in [4.69, 9.17) is 22.9 Å². The second-order valence-corrected chi connectivity index (χ2v) is 23.0. The molecule has 24 N–H and O–H groups in total. The van der Waals surface area contributed by atoms with E-state index in [1.54, 1.807) is 47.8 Å². The summed E-state index contributed by atoms with van der Waals surface area (Å²) in [5.74, 6) is -17.9. The number of aliphatic carboxylic acids is 1. The lowest BCUT2D eigenvalue weighted by Crippen LogP contribution is -2.62. The lowest BCUT2D eigenvalue weighted by atomic mass is 9.99. The van der Waals surface area contributed by atoms with Gasteiger partial charge in [0.05, 0.1) is 44.3 Å². The number of primary amides is 3. The highest BCUT2D eigenvalue weighted by atomic mass is 32.2. The lowest BCUT2D eigenvalue weighted by Gasteiger charge is -2.28. The molecule has 35 nitrogen and oxygen atoms in total. The van der Waals surface area contributed by atoms with E-state index in [-0.39, 0.29) is 36.9 Å². The van der Waals surface area contributed by atoms with Crippen LogP contribution in [0, 0.1) is 17.8 Å². The number of rotatable bonds is 42. The largest absolute Gasteiger partial charge is 0.480 e. The Hall–Kier alpha value is -7.80. The highest BCUT2D eigenvalue weighted by Gasteiger charge is 2.38. The molecule has 0 aliphatic rings. The van der Waals surface area contributed by atoms with Crippen molar-refractivity contribution in [3.8, 4) is 0 Å². The molecule has 14 amide bonds. The molecule has 0 aliphatic carbocycles. The molecule has 0 saturated carbocycles. The summed E-state index contributed by atoms with van der Waals surface area (Å²) in [5, 5.41) is 74.9. The third-order valence-corrected chi connectivity index (χ3v) is 13.4. The first-order chi connectivity index (χ1) is 40.8. The van der Waals surface area contributed by atoms with Gasteiger partial charge in [0.15, 0.2) is 6.04 Å². The third kappa shape index (κ3) is 30.2. The fraction of sp³-hybridized carbons (Fsp3) is 0.712. The van der Waals surface area contributed by atoms with E-state index in [1.807, 2.05) is 0 Å². The minimum absolute atomic E-state index is 0.0264. The van der Waals surface area contributed by atoms with Crippen molar-refractivity contribution in [2.75, 3.05) is 25.2 Å². The van der Waals surface area contributed by atoms with Crippen molar-refractivity contribution in [1.29, 1.82) is 0 Å². The topological polar surface area (TPSA) is 594 Å². The fourth-order valence-corrected chi connectivity index (χ4v) is 8.41. The Balaban J connectivity index is 6.45. The van der Waals surface area contributed by atoms with Crippen LogP contribution in [-0.4, -0.2) is 224 Å². The van der Waals surface area contributed by atoms with Gasteiger partial charge in [-0.15, -0.1) is 0 Å².